The minimum absolute atomic E-state index is 0. The van der Waals surface area contributed by atoms with Gasteiger partial charge in [-0.2, -0.15) is 0 Å². The summed E-state index contributed by atoms with van der Waals surface area (Å²) in [5.74, 6) is 0.671. The minimum Gasteiger partial charge on any atom is -0.355 e. The molecule has 1 aromatic rings. The number of hydrogen-bond acceptors (Lipinski definition) is 3. The predicted octanol–water partition coefficient (Wildman–Crippen LogP) is 2.31. The van der Waals surface area contributed by atoms with Crippen molar-refractivity contribution in [1.82, 2.24) is 15.5 Å². The number of rotatable bonds is 6. The smallest absolute Gasteiger partial charge is 0.233 e. The molecule has 1 aliphatic heterocycles. The van der Waals surface area contributed by atoms with Crippen LogP contribution in [0.4, 0.5) is 0 Å². The molecule has 124 valence electrons. The van der Waals surface area contributed by atoms with Gasteiger partial charge >= 0.3 is 0 Å². The third kappa shape index (κ3) is 6.13. The van der Waals surface area contributed by atoms with Crippen molar-refractivity contribution in [2.75, 3.05) is 33.2 Å². The Hall–Kier alpha value is -0.810. The zero-order chi connectivity index (χ0) is 15.1. The number of piperidine rings is 1. The van der Waals surface area contributed by atoms with E-state index < -0.39 is 0 Å². The van der Waals surface area contributed by atoms with Gasteiger partial charge in [0.1, 0.15) is 0 Å². The number of likely N-dealkylation sites (N-methyl/N-ethyl adjacent to an activating group) is 1. The van der Waals surface area contributed by atoms with Crippen LogP contribution in [0.25, 0.3) is 0 Å². The first-order valence-corrected chi connectivity index (χ1v) is 7.94. The standard InChI is InChI=1S/C16H24ClN3O.ClH/c1-18-11-16(21)19-10-13-6-8-20(9-7-13)12-14-4-2-3-5-15(14)17;/h2-5,13,18H,6-12H2,1H3,(H,19,21);1H. The van der Waals surface area contributed by atoms with E-state index in [-0.39, 0.29) is 18.3 Å². The molecule has 0 aromatic heterocycles. The van der Waals surface area contributed by atoms with E-state index in [1.165, 1.54) is 5.56 Å². The van der Waals surface area contributed by atoms with Gasteiger partial charge in [0.25, 0.3) is 0 Å². The quantitative estimate of drug-likeness (QED) is 0.831. The van der Waals surface area contributed by atoms with Crippen molar-refractivity contribution in [3.8, 4) is 0 Å². The molecule has 0 aliphatic carbocycles. The van der Waals surface area contributed by atoms with Gasteiger partial charge < -0.3 is 10.6 Å². The third-order valence-corrected chi connectivity index (χ3v) is 4.35. The molecule has 1 saturated heterocycles. The first kappa shape index (κ1) is 19.2. The lowest BCUT2D eigenvalue weighted by Crippen LogP contribution is -2.40. The first-order chi connectivity index (χ1) is 10.2. The lowest BCUT2D eigenvalue weighted by molar-refractivity contribution is -0.120. The van der Waals surface area contributed by atoms with E-state index >= 15 is 0 Å². The van der Waals surface area contributed by atoms with Crippen molar-refractivity contribution in [2.24, 2.45) is 5.92 Å². The van der Waals surface area contributed by atoms with Gasteiger partial charge in [0.15, 0.2) is 0 Å². The second-order valence-corrected chi connectivity index (χ2v) is 6.05. The maximum Gasteiger partial charge on any atom is 0.233 e. The second kappa shape index (κ2) is 10.1. The lowest BCUT2D eigenvalue weighted by Gasteiger charge is -2.32. The highest BCUT2D eigenvalue weighted by Gasteiger charge is 2.20. The van der Waals surface area contributed by atoms with E-state index in [1.807, 2.05) is 18.2 Å². The highest BCUT2D eigenvalue weighted by atomic mass is 35.5. The maximum absolute atomic E-state index is 11.4. The topological polar surface area (TPSA) is 44.4 Å². The van der Waals surface area contributed by atoms with Gasteiger partial charge in [0, 0.05) is 18.1 Å². The van der Waals surface area contributed by atoms with Crippen molar-refractivity contribution >= 4 is 29.9 Å². The fourth-order valence-electron chi connectivity index (χ4n) is 2.70. The molecule has 0 spiro atoms. The number of likely N-dealkylation sites (tertiary alicyclic amines) is 1. The molecule has 1 aromatic carbocycles. The van der Waals surface area contributed by atoms with Crippen molar-refractivity contribution in [2.45, 2.75) is 19.4 Å². The summed E-state index contributed by atoms with van der Waals surface area (Å²) in [6, 6.07) is 8.03. The summed E-state index contributed by atoms with van der Waals surface area (Å²) in [4.78, 5) is 13.9. The molecule has 0 atom stereocenters. The van der Waals surface area contributed by atoms with E-state index in [0.29, 0.717) is 12.5 Å². The predicted molar refractivity (Wildman–Crippen MR) is 93.6 cm³/mol. The fourth-order valence-corrected chi connectivity index (χ4v) is 2.89. The molecule has 1 heterocycles. The van der Waals surface area contributed by atoms with Gasteiger partial charge in [0.05, 0.1) is 6.54 Å². The van der Waals surface area contributed by atoms with Crippen LogP contribution in [0.15, 0.2) is 24.3 Å². The molecule has 0 saturated carbocycles. The molecule has 4 nitrogen and oxygen atoms in total. The molecule has 0 unspecified atom stereocenters. The number of carbonyl (C=O) groups is 1. The van der Waals surface area contributed by atoms with Crippen LogP contribution >= 0.6 is 24.0 Å². The van der Waals surface area contributed by atoms with Crippen LogP contribution in [0, 0.1) is 5.92 Å². The molecular formula is C16H25Cl2N3O. The zero-order valence-electron chi connectivity index (χ0n) is 13.0. The fraction of sp³-hybridized carbons (Fsp3) is 0.562. The van der Waals surface area contributed by atoms with Gasteiger partial charge in [-0.3, -0.25) is 9.69 Å². The van der Waals surface area contributed by atoms with Gasteiger partial charge in [-0.05, 0) is 50.5 Å². The summed E-state index contributed by atoms with van der Waals surface area (Å²) in [5.41, 5.74) is 1.19. The summed E-state index contributed by atoms with van der Waals surface area (Å²) in [7, 11) is 1.78. The molecule has 0 radical (unpaired) electrons. The van der Waals surface area contributed by atoms with E-state index in [4.69, 9.17) is 11.6 Å². The highest BCUT2D eigenvalue weighted by molar-refractivity contribution is 6.31. The monoisotopic (exact) mass is 345 g/mol. The van der Waals surface area contributed by atoms with E-state index in [1.54, 1.807) is 7.05 Å². The number of carbonyl (C=O) groups excluding carboxylic acids is 1. The molecule has 0 bridgehead atoms. The van der Waals surface area contributed by atoms with E-state index in [2.05, 4.69) is 21.6 Å². The Morgan fingerprint density at radius 3 is 2.64 bits per heavy atom. The maximum atomic E-state index is 11.4. The summed E-state index contributed by atoms with van der Waals surface area (Å²) >= 11 is 6.21. The minimum atomic E-state index is 0. The summed E-state index contributed by atoms with van der Waals surface area (Å²) in [5, 5.41) is 6.69. The SMILES string of the molecule is CNCC(=O)NCC1CCN(Cc2ccccc2Cl)CC1.Cl. The van der Waals surface area contributed by atoms with Crippen LogP contribution in [0.2, 0.25) is 5.02 Å². The Morgan fingerprint density at radius 2 is 2.00 bits per heavy atom. The Balaban J connectivity index is 0.00000242. The molecular weight excluding hydrogens is 321 g/mol. The average molecular weight is 346 g/mol. The van der Waals surface area contributed by atoms with E-state index in [9.17, 15) is 4.79 Å². The van der Waals surface area contributed by atoms with Crippen LogP contribution in [-0.2, 0) is 11.3 Å². The second-order valence-electron chi connectivity index (χ2n) is 5.65. The number of nitrogens with zero attached hydrogens (tertiary/aromatic N) is 1. The Labute approximate surface area is 144 Å². The van der Waals surface area contributed by atoms with Gasteiger partial charge in [-0.1, -0.05) is 29.8 Å². The number of nitrogens with one attached hydrogen (secondary N) is 2. The van der Waals surface area contributed by atoms with Gasteiger partial charge in [-0.25, -0.2) is 0 Å². The van der Waals surface area contributed by atoms with E-state index in [0.717, 1.165) is 44.0 Å². The van der Waals surface area contributed by atoms with Crippen LogP contribution in [0.3, 0.4) is 0 Å². The Kier molecular flexibility index (Phi) is 8.79. The average Bonchev–Trinajstić information content (AvgIpc) is 2.49. The van der Waals surface area contributed by atoms with Crippen LogP contribution in [-0.4, -0.2) is 44.0 Å². The molecule has 6 heteroatoms. The summed E-state index contributed by atoms with van der Waals surface area (Å²) in [6.07, 6.45) is 2.26. The molecule has 1 aliphatic rings. The molecule has 2 N–H and O–H groups in total. The highest BCUT2D eigenvalue weighted by Crippen LogP contribution is 2.21. The molecule has 22 heavy (non-hydrogen) atoms. The number of amides is 1. The van der Waals surface area contributed by atoms with Crippen LogP contribution in [0.5, 0.6) is 0 Å². The Bertz CT molecular complexity index is 462. The number of halogens is 2. The van der Waals surface area contributed by atoms with Gasteiger partial charge in [0.2, 0.25) is 5.91 Å². The first-order valence-electron chi connectivity index (χ1n) is 7.56. The van der Waals surface area contributed by atoms with Crippen LogP contribution < -0.4 is 10.6 Å². The van der Waals surface area contributed by atoms with Crippen molar-refractivity contribution < 1.29 is 4.79 Å². The van der Waals surface area contributed by atoms with Crippen molar-refractivity contribution in [1.29, 1.82) is 0 Å². The summed E-state index contributed by atoms with van der Waals surface area (Å²) in [6.45, 7) is 4.24. The third-order valence-electron chi connectivity index (χ3n) is 3.98. The number of benzene rings is 1. The largest absolute Gasteiger partial charge is 0.355 e. The normalized spacial score (nSPS) is 16.1. The lowest BCUT2D eigenvalue weighted by atomic mass is 9.96. The summed E-state index contributed by atoms with van der Waals surface area (Å²) < 4.78 is 0. The molecule has 2 rings (SSSR count). The Morgan fingerprint density at radius 1 is 1.32 bits per heavy atom. The molecule has 1 fully saturated rings. The zero-order valence-corrected chi connectivity index (χ0v) is 14.6. The van der Waals surface area contributed by atoms with Crippen molar-refractivity contribution in [3.05, 3.63) is 34.9 Å². The van der Waals surface area contributed by atoms with Gasteiger partial charge in [-0.15, -0.1) is 12.4 Å². The molecule has 1 amide bonds. The number of hydrogen-bond donors (Lipinski definition) is 2. The van der Waals surface area contributed by atoms with Crippen LogP contribution in [0.1, 0.15) is 18.4 Å². The van der Waals surface area contributed by atoms with Crippen molar-refractivity contribution in [3.63, 3.8) is 0 Å².